The highest BCUT2D eigenvalue weighted by Crippen LogP contribution is 2.32. The second-order valence-corrected chi connectivity index (χ2v) is 7.34. The monoisotopic (exact) mass is 416 g/mol. The Labute approximate surface area is 173 Å². The molecule has 0 radical (unpaired) electrons. The van der Waals surface area contributed by atoms with E-state index in [9.17, 15) is 4.79 Å². The van der Waals surface area contributed by atoms with Crippen LogP contribution in [0.4, 0.5) is 0 Å². The molecule has 0 aliphatic rings. The predicted molar refractivity (Wildman–Crippen MR) is 112 cm³/mol. The normalized spacial score (nSPS) is 10.8. The summed E-state index contributed by atoms with van der Waals surface area (Å²) in [6.07, 6.45) is 1.09. The lowest BCUT2D eigenvalue weighted by Crippen LogP contribution is -2.23. The van der Waals surface area contributed by atoms with Crippen LogP contribution in [0.5, 0.6) is 0 Å². The molecule has 0 unspecified atom stereocenters. The molecule has 1 N–H and O–H groups in total. The van der Waals surface area contributed by atoms with Crippen LogP contribution in [0.1, 0.15) is 19.8 Å². The Kier molecular flexibility index (Phi) is 7.47. The van der Waals surface area contributed by atoms with Crippen LogP contribution >= 0.6 is 23.4 Å². The van der Waals surface area contributed by atoms with E-state index in [1.165, 1.54) is 0 Å². The molecule has 6 nitrogen and oxygen atoms in total. The number of rotatable bonds is 9. The molecule has 0 fully saturated rings. The Bertz CT molecular complexity index is 918. The molecule has 3 rings (SSSR count). The lowest BCUT2D eigenvalue weighted by molar-refractivity contribution is -0.133. The number of benzene rings is 2. The highest BCUT2D eigenvalue weighted by atomic mass is 35.5. The average Bonchev–Trinajstić information content (AvgIpc) is 3.14. The van der Waals surface area contributed by atoms with Crippen LogP contribution in [0.2, 0.25) is 5.02 Å². The summed E-state index contributed by atoms with van der Waals surface area (Å²) in [7, 11) is 0. The summed E-state index contributed by atoms with van der Waals surface area (Å²) in [6.45, 7) is 2.27. The Hall–Kier alpha value is -2.35. The fourth-order valence-electron chi connectivity index (χ4n) is 2.59. The van der Waals surface area contributed by atoms with E-state index in [2.05, 4.69) is 15.7 Å². The quantitative estimate of drug-likeness (QED) is 0.315. The fourth-order valence-corrected chi connectivity index (χ4v) is 3.70. The number of para-hydroxylation sites is 1. The van der Waals surface area contributed by atoms with Gasteiger partial charge in [0.25, 0.3) is 0 Å². The summed E-state index contributed by atoms with van der Waals surface area (Å²) in [5, 5.41) is 10.1. The zero-order valence-electron chi connectivity index (χ0n) is 15.5. The third kappa shape index (κ3) is 5.13. The summed E-state index contributed by atoms with van der Waals surface area (Å²) >= 11 is 7.94. The highest BCUT2D eigenvalue weighted by molar-refractivity contribution is 7.99. The Balaban J connectivity index is 1.78. The van der Waals surface area contributed by atoms with Gasteiger partial charge in [-0.05, 0) is 37.6 Å². The van der Waals surface area contributed by atoms with Crippen LogP contribution in [-0.2, 0) is 9.63 Å². The Morgan fingerprint density at radius 3 is 2.64 bits per heavy atom. The van der Waals surface area contributed by atoms with Gasteiger partial charge in [0, 0.05) is 23.4 Å². The summed E-state index contributed by atoms with van der Waals surface area (Å²) in [6, 6.07) is 17.5. The highest BCUT2D eigenvalue weighted by Gasteiger charge is 2.17. The van der Waals surface area contributed by atoms with Crippen LogP contribution in [0.15, 0.2) is 59.8 Å². The lowest BCUT2D eigenvalue weighted by Gasteiger charge is -2.11. The van der Waals surface area contributed by atoms with Gasteiger partial charge >= 0.3 is 0 Å². The molecular weight excluding hydrogens is 396 g/mol. The maximum Gasteiger partial charge on any atom is 0.243 e. The number of halogens is 1. The number of carbonyl (C=O) groups is 1. The fraction of sp³-hybridized carbons (Fsp3) is 0.250. The molecule has 1 aromatic heterocycles. The van der Waals surface area contributed by atoms with E-state index in [0.717, 1.165) is 22.2 Å². The third-order valence-corrected chi connectivity index (χ3v) is 5.22. The van der Waals surface area contributed by atoms with Gasteiger partial charge in [-0.1, -0.05) is 53.7 Å². The summed E-state index contributed by atoms with van der Waals surface area (Å²) in [4.78, 5) is 16.5. The van der Waals surface area contributed by atoms with Crippen molar-refractivity contribution in [1.82, 2.24) is 20.2 Å². The van der Waals surface area contributed by atoms with E-state index in [1.807, 2.05) is 66.1 Å². The van der Waals surface area contributed by atoms with Crippen LogP contribution in [0, 0.1) is 0 Å². The number of carbonyl (C=O) groups excluding carboxylic acids is 1. The van der Waals surface area contributed by atoms with Crippen LogP contribution in [0.3, 0.4) is 0 Å². The standard InChI is InChI=1S/C20H21ClN4O2S/c1-2-27-24-18(26)13-8-14-28-20-23-22-19(16-11-6-7-12-17(16)21)25(20)15-9-4-3-5-10-15/h3-7,9-12H,2,8,13-14H2,1H3,(H,24,26). The molecule has 0 bridgehead atoms. The van der Waals surface area contributed by atoms with Crippen LogP contribution in [0.25, 0.3) is 17.1 Å². The predicted octanol–water partition coefficient (Wildman–Crippen LogP) is 4.53. The number of hydrogen-bond acceptors (Lipinski definition) is 5. The number of nitrogens with zero attached hydrogens (tertiary/aromatic N) is 3. The molecule has 0 saturated heterocycles. The topological polar surface area (TPSA) is 69.0 Å². The van der Waals surface area contributed by atoms with Gasteiger partial charge < -0.3 is 0 Å². The van der Waals surface area contributed by atoms with Crippen LogP contribution < -0.4 is 5.48 Å². The van der Waals surface area contributed by atoms with Gasteiger partial charge in [0.05, 0.1) is 11.6 Å². The van der Waals surface area contributed by atoms with Crippen molar-refractivity contribution in [2.45, 2.75) is 24.9 Å². The lowest BCUT2D eigenvalue weighted by atomic mass is 10.2. The molecule has 3 aromatic rings. The van der Waals surface area contributed by atoms with Crippen molar-refractivity contribution in [3.8, 4) is 17.1 Å². The molecule has 146 valence electrons. The van der Waals surface area contributed by atoms with Crippen molar-refractivity contribution in [3.05, 3.63) is 59.6 Å². The van der Waals surface area contributed by atoms with Gasteiger partial charge in [-0.3, -0.25) is 14.2 Å². The molecule has 0 atom stereocenters. The van der Waals surface area contributed by atoms with Crippen molar-refractivity contribution >= 4 is 29.3 Å². The van der Waals surface area contributed by atoms with Crippen molar-refractivity contribution in [2.75, 3.05) is 12.4 Å². The zero-order chi connectivity index (χ0) is 19.8. The molecule has 0 aliphatic heterocycles. The van der Waals surface area contributed by atoms with Crippen molar-refractivity contribution in [3.63, 3.8) is 0 Å². The van der Waals surface area contributed by atoms with Gasteiger partial charge in [-0.25, -0.2) is 5.48 Å². The third-order valence-electron chi connectivity index (χ3n) is 3.87. The van der Waals surface area contributed by atoms with E-state index in [0.29, 0.717) is 30.3 Å². The molecule has 1 amide bonds. The molecule has 0 spiro atoms. The van der Waals surface area contributed by atoms with Gasteiger partial charge in [0.1, 0.15) is 0 Å². The maximum absolute atomic E-state index is 11.6. The van der Waals surface area contributed by atoms with Gasteiger partial charge in [-0.15, -0.1) is 10.2 Å². The van der Waals surface area contributed by atoms with E-state index in [4.69, 9.17) is 16.4 Å². The summed E-state index contributed by atoms with van der Waals surface area (Å²) < 4.78 is 1.99. The SMILES string of the molecule is CCONC(=O)CCCSc1nnc(-c2ccccc2Cl)n1-c1ccccc1. The molecule has 1 heterocycles. The van der Waals surface area contributed by atoms with Gasteiger partial charge in [-0.2, -0.15) is 0 Å². The first-order valence-corrected chi connectivity index (χ1v) is 10.4. The first-order valence-electron chi connectivity index (χ1n) is 9.00. The largest absolute Gasteiger partial charge is 0.274 e. The van der Waals surface area contributed by atoms with E-state index >= 15 is 0 Å². The van der Waals surface area contributed by atoms with Crippen molar-refractivity contribution < 1.29 is 9.63 Å². The van der Waals surface area contributed by atoms with Crippen molar-refractivity contribution in [2.24, 2.45) is 0 Å². The Morgan fingerprint density at radius 1 is 1.14 bits per heavy atom. The molecule has 8 heteroatoms. The zero-order valence-corrected chi connectivity index (χ0v) is 17.0. The first kappa shape index (κ1) is 20.4. The molecule has 28 heavy (non-hydrogen) atoms. The molecular formula is C20H21ClN4O2S. The number of nitrogens with one attached hydrogen (secondary N) is 1. The molecule has 0 aliphatic carbocycles. The number of hydroxylamine groups is 1. The number of hydrogen-bond donors (Lipinski definition) is 1. The smallest absolute Gasteiger partial charge is 0.243 e. The minimum absolute atomic E-state index is 0.122. The number of aromatic nitrogens is 3. The van der Waals surface area contributed by atoms with Gasteiger partial charge in [0.15, 0.2) is 11.0 Å². The number of amides is 1. The minimum Gasteiger partial charge on any atom is -0.274 e. The van der Waals surface area contributed by atoms with E-state index < -0.39 is 0 Å². The summed E-state index contributed by atoms with van der Waals surface area (Å²) in [5.41, 5.74) is 4.18. The van der Waals surface area contributed by atoms with E-state index in [-0.39, 0.29) is 5.91 Å². The second-order valence-electron chi connectivity index (χ2n) is 5.87. The first-order chi connectivity index (χ1) is 13.7. The summed E-state index contributed by atoms with van der Waals surface area (Å²) in [5.74, 6) is 1.30. The molecule has 0 saturated carbocycles. The second kappa shape index (κ2) is 10.3. The molecule has 2 aromatic carbocycles. The Morgan fingerprint density at radius 2 is 1.89 bits per heavy atom. The van der Waals surface area contributed by atoms with E-state index in [1.54, 1.807) is 11.8 Å². The van der Waals surface area contributed by atoms with Gasteiger partial charge in [0.2, 0.25) is 5.91 Å². The average molecular weight is 417 g/mol. The number of thioether (sulfide) groups is 1. The maximum atomic E-state index is 11.6. The minimum atomic E-state index is -0.122. The van der Waals surface area contributed by atoms with Crippen LogP contribution in [-0.4, -0.2) is 33.0 Å². The van der Waals surface area contributed by atoms with Crippen molar-refractivity contribution in [1.29, 1.82) is 0 Å².